The van der Waals surface area contributed by atoms with Crippen molar-refractivity contribution in [1.29, 1.82) is 0 Å². The fourth-order valence-electron chi connectivity index (χ4n) is 3.18. The first kappa shape index (κ1) is 18.9. The second-order valence-electron chi connectivity index (χ2n) is 6.77. The lowest BCUT2D eigenvalue weighted by Crippen LogP contribution is -2.48. The highest BCUT2D eigenvalue weighted by molar-refractivity contribution is 5.83. The molecule has 0 aliphatic heterocycles. The Morgan fingerprint density at radius 3 is 1.75 bits per heavy atom. The molecule has 0 spiro atoms. The monoisotopic (exact) mass is 286 g/mol. The van der Waals surface area contributed by atoms with E-state index < -0.39 is 23.3 Å². The predicted molar refractivity (Wildman–Crippen MR) is 79.6 cm³/mol. The van der Waals surface area contributed by atoms with Gasteiger partial charge in [0.05, 0.1) is 11.3 Å². The first-order chi connectivity index (χ1) is 9.09. The summed E-state index contributed by atoms with van der Waals surface area (Å²) in [7, 11) is 0. The van der Waals surface area contributed by atoms with E-state index in [2.05, 4.69) is 0 Å². The van der Waals surface area contributed by atoms with Gasteiger partial charge in [0.2, 0.25) is 0 Å². The standard InChI is InChI=1S/C16H30O4/c1-7-12(6)16(15(19)20,9-11(4)5)13(14(17)18)8-10(2)3/h10-13H,7-9H2,1-6H3,(H,17,18)(H,19,20). The summed E-state index contributed by atoms with van der Waals surface area (Å²) in [6, 6.07) is 0. The summed E-state index contributed by atoms with van der Waals surface area (Å²) in [4.78, 5) is 23.7. The summed E-state index contributed by atoms with van der Waals surface area (Å²) in [6.45, 7) is 11.6. The lowest BCUT2D eigenvalue weighted by atomic mass is 9.60. The van der Waals surface area contributed by atoms with Crippen molar-refractivity contribution in [3.05, 3.63) is 0 Å². The number of carboxylic acid groups (broad SMARTS) is 2. The quantitative estimate of drug-likeness (QED) is 0.674. The number of carboxylic acids is 2. The molecule has 0 aromatic carbocycles. The van der Waals surface area contributed by atoms with Crippen LogP contribution < -0.4 is 0 Å². The molecule has 0 rings (SSSR count). The minimum Gasteiger partial charge on any atom is -0.481 e. The first-order valence-electron chi connectivity index (χ1n) is 7.55. The molecule has 0 aromatic heterocycles. The molecule has 20 heavy (non-hydrogen) atoms. The van der Waals surface area contributed by atoms with E-state index >= 15 is 0 Å². The average Bonchev–Trinajstić information content (AvgIpc) is 2.31. The molecule has 0 fully saturated rings. The minimum atomic E-state index is -1.18. The summed E-state index contributed by atoms with van der Waals surface area (Å²) in [6.07, 6.45) is 1.47. The molecule has 0 saturated carbocycles. The van der Waals surface area contributed by atoms with Crippen molar-refractivity contribution in [2.45, 2.75) is 60.8 Å². The number of hydrogen-bond acceptors (Lipinski definition) is 2. The Bertz CT molecular complexity index is 335. The zero-order chi connectivity index (χ0) is 16.1. The number of carbonyl (C=O) groups is 2. The molecule has 3 unspecified atom stereocenters. The van der Waals surface area contributed by atoms with Gasteiger partial charge >= 0.3 is 11.9 Å². The molecule has 0 aromatic rings. The number of hydrogen-bond donors (Lipinski definition) is 2. The molecule has 2 N–H and O–H groups in total. The Balaban J connectivity index is 5.87. The second-order valence-corrected chi connectivity index (χ2v) is 6.77. The second kappa shape index (κ2) is 7.65. The summed E-state index contributed by atoms with van der Waals surface area (Å²) >= 11 is 0. The molecule has 0 heterocycles. The molecular formula is C16H30O4. The smallest absolute Gasteiger partial charge is 0.310 e. The maximum atomic E-state index is 12.0. The van der Waals surface area contributed by atoms with Gasteiger partial charge in [0, 0.05) is 0 Å². The van der Waals surface area contributed by atoms with E-state index in [0.29, 0.717) is 19.3 Å². The summed E-state index contributed by atoms with van der Waals surface area (Å²) in [5.74, 6) is -2.64. The molecule has 0 saturated heterocycles. The van der Waals surface area contributed by atoms with Gasteiger partial charge in [-0.2, -0.15) is 0 Å². The van der Waals surface area contributed by atoms with Gasteiger partial charge in [0.25, 0.3) is 0 Å². The van der Waals surface area contributed by atoms with Crippen LogP contribution in [0.5, 0.6) is 0 Å². The van der Waals surface area contributed by atoms with E-state index in [4.69, 9.17) is 0 Å². The van der Waals surface area contributed by atoms with Crippen LogP contribution >= 0.6 is 0 Å². The Morgan fingerprint density at radius 2 is 1.50 bits per heavy atom. The minimum absolute atomic E-state index is 0.147. The van der Waals surface area contributed by atoms with Crippen LogP contribution in [0.25, 0.3) is 0 Å². The third-order valence-corrected chi connectivity index (χ3v) is 4.26. The van der Waals surface area contributed by atoms with E-state index in [1.54, 1.807) is 0 Å². The molecule has 0 aliphatic carbocycles. The van der Waals surface area contributed by atoms with Crippen molar-refractivity contribution in [2.75, 3.05) is 0 Å². The fraction of sp³-hybridized carbons (Fsp3) is 0.875. The zero-order valence-electron chi connectivity index (χ0n) is 13.6. The van der Waals surface area contributed by atoms with Crippen LogP contribution in [0, 0.1) is 29.1 Å². The van der Waals surface area contributed by atoms with Crippen molar-refractivity contribution in [1.82, 2.24) is 0 Å². The third-order valence-electron chi connectivity index (χ3n) is 4.26. The fourth-order valence-corrected chi connectivity index (χ4v) is 3.18. The van der Waals surface area contributed by atoms with Crippen LogP contribution in [0.1, 0.15) is 60.8 Å². The van der Waals surface area contributed by atoms with E-state index in [0.717, 1.165) is 0 Å². The van der Waals surface area contributed by atoms with Gasteiger partial charge in [0.15, 0.2) is 0 Å². The highest BCUT2D eigenvalue weighted by atomic mass is 16.4. The Kier molecular flexibility index (Phi) is 7.25. The van der Waals surface area contributed by atoms with E-state index in [9.17, 15) is 19.8 Å². The summed E-state index contributed by atoms with van der Waals surface area (Å²) in [5, 5.41) is 19.4. The van der Waals surface area contributed by atoms with Gasteiger partial charge in [-0.1, -0.05) is 48.0 Å². The molecule has 0 amide bonds. The zero-order valence-corrected chi connectivity index (χ0v) is 13.6. The number of aliphatic carboxylic acids is 2. The largest absolute Gasteiger partial charge is 0.481 e. The van der Waals surface area contributed by atoms with Gasteiger partial charge in [0.1, 0.15) is 0 Å². The van der Waals surface area contributed by atoms with E-state index in [1.807, 2.05) is 41.5 Å². The highest BCUT2D eigenvalue weighted by Crippen LogP contribution is 2.46. The van der Waals surface area contributed by atoms with Gasteiger partial charge in [-0.25, -0.2) is 0 Å². The maximum Gasteiger partial charge on any atom is 0.310 e. The molecule has 0 bridgehead atoms. The molecule has 4 heteroatoms. The third kappa shape index (κ3) is 4.22. The predicted octanol–water partition coefficient (Wildman–Crippen LogP) is 3.90. The Labute approximate surface area is 122 Å². The van der Waals surface area contributed by atoms with Crippen LogP contribution in [0.15, 0.2) is 0 Å². The van der Waals surface area contributed by atoms with Crippen molar-refractivity contribution < 1.29 is 19.8 Å². The molecule has 0 radical (unpaired) electrons. The molecule has 4 nitrogen and oxygen atoms in total. The lowest BCUT2D eigenvalue weighted by molar-refractivity contribution is -0.170. The van der Waals surface area contributed by atoms with Crippen LogP contribution in [-0.4, -0.2) is 22.2 Å². The van der Waals surface area contributed by atoms with Crippen molar-refractivity contribution in [3.8, 4) is 0 Å². The van der Waals surface area contributed by atoms with Crippen molar-refractivity contribution in [3.63, 3.8) is 0 Å². The highest BCUT2D eigenvalue weighted by Gasteiger charge is 2.52. The van der Waals surface area contributed by atoms with Crippen molar-refractivity contribution >= 4 is 11.9 Å². The summed E-state index contributed by atoms with van der Waals surface area (Å²) < 4.78 is 0. The van der Waals surface area contributed by atoms with Gasteiger partial charge in [-0.3, -0.25) is 9.59 Å². The first-order valence-corrected chi connectivity index (χ1v) is 7.55. The topological polar surface area (TPSA) is 74.6 Å². The van der Waals surface area contributed by atoms with E-state index in [1.165, 1.54) is 0 Å². The van der Waals surface area contributed by atoms with Crippen molar-refractivity contribution in [2.24, 2.45) is 29.1 Å². The lowest BCUT2D eigenvalue weighted by Gasteiger charge is -2.41. The van der Waals surface area contributed by atoms with Crippen LogP contribution in [0.4, 0.5) is 0 Å². The molecular weight excluding hydrogens is 256 g/mol. The van der Waals surface area contributed by atoms with Crippen LogP contribution in [-0.2, 0) is 9.59 Å². The van der Waals surface area contributed by atoms with Gasteiger partial charge in [-0.15, -0.1) is 0 Å². The average molecular weight is 286 g/mol. The SMILES string of the molecule is CCC(C)C(CC(C)C)(C(=O)O)C(CC(C)C)C(=O)O. The normalized spacial score (nSPS) is 17.8. The molecule has 0 aliphatic rings. The number of rotatable bonds is 9. The van der Waals surface area contributed by atoms with Crippen LogP contribution in [0.2, 0.25) is 0 Å². The molecule has 118 valence electrons. The molecule has 3 atom stereocenters. The maximum absolute atomic E-state index is 12.0. The summed E-state index contributed by atoms with van der Waals surface area (Å²) in [5.41, 5.74) is -1.18. The van der Waals surface area contributed by atoms with Gasteiger partial charge < -0.3 is 10.2 Å². The van der Waals surface area contributed by atoms with E-state index in [-0.39, 0.29) is 17.8 Å². The Hall–Kier alpha value is -1.06. The van der Waals surface area contributed by atoms with Crippen LogP contribution in [0.3, 0.4) is 0 Å². The Morgan fingerprint density at radius 1 is 1.00 bits per heavy atom. The van der Waals surface area contributed by atoms with Gasteiger partial charge in [-0.05, 0) is 30.6 Å².